The van der Waals surface area contributed by atoms with Gasteiger partial charge in [0.15, 0.2) is 0 Å². The van der Waals surface area contributed by atoms with E-state index in [4.69, 9.17) is 4.98 Å². The molecule has 10 rings (SSSR count). The predicted molar refractivity (Wildman–Crippen MR) is 201 cm³/mol. The molecule has 2 heterocycles. The summed E-state index contributed by atoms with van der Waals surface area (Å²) >= 11 is 0. The van der Waals surface area contributed by atoms with E-state index in [2.05, 4.69) is 185 Å². The molecule has 0 radical (unpaired) electrons. The van der Waals surface area contributed by atoms with E-state index in [0.717, 1.165) is 33.8 Å². The molecule has 0 fully saturated rings. The Hall–Kier alpha value is -6.45. The average Bonchev–Trinajstić information content (AvgIpc) is 3.72. The molecule has 0 saturated carbocycles. The molecule has 48 heavy (non-hydrogen) atoms. The number of fused-ring (bicyclic) bond motifs is 8. The predicted octanol–water partition coefficient (Wildman–Crippen LogP) is 11.8. The van der Waals surface area contributed by atoms with Crippen LogP contribution in [0.15, 0.2) is 176 Å². The lowest BCUT2D eigenvalue weighted by atomic mass is 9.96. The van der Waals surface area contributed by atoms with Crippen LogP contribution in [0, 0.1) is 0 Å². The zero-order chi connectivity index (χ0) is 31.6. The summed E-state index contributed by atoms with van der Waals surface area (Å²) < 4.78 is 4.72. The second-order valence-electron chi connectivity index (χ2n) is 12.4. The first-order valence-corrected chi connectivity index (χ1v) is 16.4. The molecule has 2 aromatic heterocycles. The Balaban J connectivity index is 1.23. The van der Waals surface area contributed by atoms with Crippen LogP contribution < -0.4 is 0 Å². The molecule has 224 valence electrons. The smallest absolute Gasteiger partial charge is 0.145 e. The van der Waals surface area contributed by atoms with Gasteiger partial charge in [-0.1, -0.05) is 127 Å². The van der Waals surface area contributed by atoms with Crippen molar-refractivity contribution in [1.82, 2.24) is 14.1 Å². The first-order valence-electron chi connectivity index (χ1n) is 16.4. The third-order valence-corrected chi connectivity index (χ3v) is 9.68. The third-order valence-electron chi connectivity index (χ3n) is 9.68. The van der Waals surface area contributed by atoms with Gasteiger partial charge in [0.05, 0.1) is 22.1 Å². The normalized spacial score (nSPS) is 11.8. The number of aromatic nitrogens is 3. The fourth-order valence-electron chi connectivity index (χ4n) is 7.52. The lowest BCUT2D eigenvalue weighted by Crippen LogP contribution is -1.98. The first-order chi connectivity index (χ1) is 23.8. The van der Waals surface area contributed by atoms with Crippen LogP contribution in [0.5, 0.6) is 0 Å². The zero-order valence-electron chi connectivity index (χ0n) is 26.1. The molecule has 0 unspecified atom stereocenters. The maximum Gasteiger partial charge on any atom is 0.145 e. The monoisotopic (exact) mass is 611 g/mol. The Morgan fingerprint density at radius 3 is 1.73 bits per heavy atom. The molecule has 0 spiro atoms. The van der Waals surface area contributed by atoms with Gasteiger partial charge < -0.3 is 4.57 Å². The maximum atomic E-state index is 5.25. The standard InChI is InChI=1S/C45H29N3/c1-3-12-32(13-4-1)45-46-40-27-26-31-24-22-30-23-25-34(29-39(30)43(31)44(40)48(45)35-15-5-2-6-16-35)33-14-11-17-36(28-33)47-41-20-9-7-18-37(41)38-19-8-10-21-42(38)47/h1-29H. The topological polar surface area (TPSA) is 22.8 Å². The highest BCUT2D eigenvalue weighted by atomic mass is 15.1. The quantitative estimate of drug-likeness (QED) is 0.182. The summed E-state index contributed by atoms with van der Waals surface area (Å²) in [5.41, 5.74) is 10.2. The molecule has 0 amide bonds. The van der Waals surface area contributed by atoms with Crippen LogP contribution in [0.3, 0.4) is 0 Å². The Labute approximate surface area is 277 Å². The molecule has 0 aliphatic rings. The lowest BCUT2D eigenvalue weighted by molar-refractivity contribution is 1.11. The maximum absolute atomic E-state index is 5.25. The Bertz CT molecular complexity index is 2770. The van der Waals surface area contributed by atoms with E-state index in [9.17, 15) is 0 Å². The minimum atomic E-state index is 0.941. The van der Waals surface area contributed by atoms with Crippen LogP contribution in [0.1, 0.15) is 0 Å². The summed E-state index contributed by atoms with van der Waals surface area (Å²) in [6.07, 6.45) is 0. The summed E-state index contributed by atoms with van der Waals surface area (Å²) in [6, 6.07) is 63.1. The Kier molecular flexibility index (Phi) is 5.87. The number of hydrogen-bond acceptors (Lipinski definition) is 1. The lowest BCUT2D eigenvalue weighted by Gasteiger charge is -2.14. The van der Waals surface area contributed by atoms with Gasteiger partial charge in [0.2, 0.25) is 0 Å². The molecule has 0 N–H and O–H groups in total. The van der Waals surface area contributed by atoms with Gasteiger partial charge in [-0.05, 0) is 75.8 Å². The molecule has 8 aromatic carbocycles. The van der Waals surface area contributed by atoms with Crippen molar-refractivity contribution < 1.29 is 0 Å². The minimum absolute atomic E-state index is 0.941. The van der Waals surface area contributed by atoms with E-state index in [1.807, 2.05) is 0 Å². The molecule has 0 bridgehead atoms. The van der Waals surface area contributed by atoms with E-state index in [1.165, 1.54) is 54.5 Å². The van der Waals surface area contributed by atoms with Gasteiger partial charge in [0.1, 0.15) is 5.82 Å². The first kappa shape index (κ1) is 26.7. The van der Waals surface area contributed by atoms with Crippen molar-refractivity contribution >= 4 is 54.4 Å². The molecule has 0 aliphatic carbocycles. The summed E-state index contributed by atoms with van der Waals surface area (Å²) in [5, 5.41) is 7.37. The van der Waals surface area contributed by atoms with E-state index < -0.39 is 0 Å². The van der Waals surface area contributed by atoms with Gasteiger partial charge in [-0.15, -0.1) is 0 Å². The van der Waals surface area contributed by atoms with Crippen LogP contribution in [0.4, 0.5) is 0 Å². The molecule has 0 atom stereocenters. The van der Waals surface area contributed by atoms with Crippen LogP contribution in [0.25, 0.3) is 88.3 Å². The number of hydrogen-bond donors (Lipinski definition) is 0. The molecular weight excluding hydrogens is 583 g/mol. The van der Waals surface area contributed by atoms with Crippen LogP contribution in [0.2, 0.25) is 0 Å². The van der Waals surface area contributed by atoms with Crippen molar-refractivity contribution in [3.63, 3.8) is 0 Å². The van der Waals surface area contributed by atoms with Crippen LogP contribution >= 0.6 is 0 Å². The summed E-state index contributed by atoms with van der Waals surface area (Å²) in [6.45, 7) is 0. The van der Waals surface area contributed by atoms with Crippen molar-refractivity contribution in [2.45, 2.75) is 0 Å². The zero-order valence-corrected chi connectivity index (χ0v) is 26.1. The number of rotatable bonds is 4. The average molecular weight is 612 g/mol. The number of imidazole rings is 1. The second kappa shape index (κ2) is 10.5. The van der Waals surface area contributed by atoms with E-state index in [0.29, 0.717) is 0 Å². The fraction of sp³-hybridized carbons (Fsp3) is 0. The Morgan fingerprint density at radius 2 is 0.958 bits per heavy atom. The Morgan fingerprint density at radius 1 is 0.375 bits per heavy atom. The van der Waals surface area contributed by atoms with E-state index in [1.54, 1.807) is 0 Å². The number of benzene rings is 8. The van der Waals surface area contributed by atoms with Gasteiger partial charge in [0, 0.05) is 33.1 Å². The largest absolute Gasteiger partial charge is 0.309 e. The van der Waals surface area contributed by atoms with E-state index >= 15 is 0 Å². The van der Waals surface area contributed by atoms with Crippen LogP contribution in [-0.2, 0) is 0 Å². The SMILES string of the molecule is c1ccc(-c2nc3ccc4ccc5ccc(-c6cccc(-n7c8ccccc8c8ccccc87)c6)cc5c4c3n2-c2ccccc2)cc1. The summed E-state index contributed by atoms with van der Waals surface area (Å²) in [7, 11) is 0. The molecule has 3 heteroatoms. The molecule has 0 saturated heterocycles. The fourth-order valence-corrected chi connectivity index (χ4v) is 7.52. The summed E-state index contributed by atoms with van der Waals surface area (Å²) in [4.78, 5) is 5.25. The molecule has 3 nitrogen and oxygen atoms in total. The van der Waals surface area contributed by atoms with Gasteiger partial charge in [0.25, 0.3) is 0 Å². The third kappa shape index (κ3) is 4.04. The molecule has 0 aliphatic heterocycles. The van der Waals surface area contributed by atoms with E-state index in [-0.39, 0.29) is 0 Å². The minimum Gasteiger partial charge on any atom is -0.309 e. The van der Waals surface area contributed by atoms with Crippen molar-refractivity contribution in [2.24, 2.45) is 0 Å². The van der Waals surface area contributed by atoms with Gasteiger partial charge in [-0.3, -0.25) is 4.57 Å². The van der Waals surface area contributed by atoms with Crippen LogP contribution in [-0.4, -0.2) is 14.1 Å². The summed E-state index contributed by atoms with van der Waals surface area (Å²) in [5.74, 6) is 0.941. The molecule has 10 aromatic rings. The molecular formula is C45H29N3. The highest BCUT2D eigenvalue weighted by Crippen LogP contribution is 2.39. The number of para-hydroxylation sites is 3. The van der Waals surface area contributed by atoms with Gasteiger partial charge in [-0.2, -0.15) is 0 Å². The van der Waals surface area contributed by atoms with Gasteiger partial charge in [-0.25, -0.2) is 4.98 Å². The highest BCUT2D eigenvalue weighted by Gasteiger charge is 2.19. The van der Waals surface area contributed by atoms with Gasteiger partial charge >= 0.3 is 0 Å². The number of nitrogens with zero attached hydrogens (tertiary/aromatic N) is 3. The second-order valence-corrected chi connectivity index (χ2v) is 12.4. The highest BCUT2D eigenvalue weighted by molar-refractivity contribution is 6.20. The van der Waals surface area contributed by atoms with Crippen molar-refractivity contribution in [2.75, 3.05) is 0 Å². The van der Waals surface area contributed by atoms with Crippen molar-refractivity contribution in [3.8, 4) is 33.9 Å². The van der Waals surface area contributed by atoms with Crippen molar-refractivity contribution in [1.29, 1.82) is 0 Å². The van der Waals surface area contributed by atoms with Crippen molar-refractivity contribution in [3.05, 3.63) is 176 Å².